The molecule has 1 unspecified atom stereocenters. The van der Waals surface area contributed by atoms with Gasteiger partial charge in [0.15, 0.2) is 5.78 Å². The Balaban J connectivity index is 2.42. The van der Waals surface area contributed by atoms with E-state index in [1.165, 1.54) is 19.1 Å². The van der Waals surface area contributed by atoms with E-state index in [1.54, 1.807) is 56.7 Å². The van der Waals surface area contributed by atoms with Crippen molar-refractivity contribution in [1.82, 2.24) is 9.47 Å². The van der Waals surface area contributed by atoms with Crippen molar-refractivity contribution in [3.63, 3.8) is 0 Å². The molecule has 0 spiro atoms. The van der Waals surface area contributed by atoms with Crippen LogP contribution in [0.1, 0.15) is 56.3 Å². The lowest BCUT2D eigenvalue weighted by atomic mass is 9.99. The number of ketones is 1. The van der Waals surface area contributed by atoms with Gasteiger partial charge in [-0.15, -0.1) is 0 Å². The van der Waals surface area contributed by atoms with Crippen LogP contribution in [0, 0.1) is 13.8 Å². The van der Waals surface area contributed by atoms with Gasteiger partial charge in [0.25, 0.3) is 5.91 Å². The SMILES string of the molecule is CCN(C(=O)c1cccc(OC)c1)C(C)C(=O)c1c(C)c(C(=O)OC)n(C)c1C. The topological polar surface area (TPSA) is 77.8 Å². The molecular weight excluding hydrogens is 372 g/mol. The molecular formula is C22H28N2O5. The number of carbonyl (C=O) groups is 3. The first-order valence-electron chi connectivity index (χ1n) is 9.42. The highest BCUT2D eigenvalue weighted by Crippen LogP contribution is 2.25. The molecule has 7 nitrogen and oxygen atoms in total. The lowest BCUT2D eigenvalue weighted by molar-refractivity contribution is 0.0588. The van der Waals surface area contributed by atoms with Gasteiger partial charge in [0, 0.05) is 30.4 Å². The molecule has 0 N–H and O–H groups in total. The van der Waals surface area contributed by atoms with E-state index in [9.17, 15) is 14.4 Å². The summed E-state index contributed by atoms with van der Waals surface area (Å²) in [6.07, 6.45) is 0. The van der Waals surface area contributed by atoms with Crippen LogP contribution >= 0.6 is 0 Å². The predicted molar refractivity (Wildman–Crippen MR) is 110 cm³/mol. The maximum absolute atomic E-state index is 13.3. The first kappa shape index (κ1) is 22.2. The molecule has 7 heteroatoms. The number of esters is 1. The number of ether oxygens (including phenoxy) is 2. The van der Waals surface area contributed by atoms with E-state index in [2.05, 4.69) is 0 Å². The number of methoxy groups -OCH3 is 2. The van der Waals surface area contributed by atoms with Crippen molar-refractivity contribution in [2.45, 2.75) is 33.7 Å². The molecule has 1 aromatic carbocycles. The molecule has 0 radical (unpaired) electrons. The summed E-state index contributed by atoms with van der Waals surface area (Å²) >= 11 is 0. The molecule has 1 aromatic heterocycles. The van der Waals surface area contributed by atoms with Crippen LogP contribution in [0.25, 0.3) is 0 Å². The minimum Gasteiger partial charge on any atom is -0.497 e. The third-order valence-electron chi connectivity index (χ3n) is 5.32. The highest BCUT2D eigenvalue weighted by Gasteiger charge is 2.32. The molecule has 0 aliphatic carbocycles. The molecule has 1 amide bonds. The van der Waals surface area contributed by atoms with E-state index in [1.807, 2.05) is 6.92 Å². The molecule has 0 bridgehead atoms. The van der Waals surface area contributed by atoms with Gasteiger partial charge < -0.3 is 18.9 Å². The number of amides is 1. The second-order valence-electron chi connectivity index (χ2n) is 6.85. The molecule has 0 aliphatic heterocycles. The zero-order chi connectivity index (χ0) is 21.9. The number of hydrogen-bond acceptors (Lipinski definition) is 5. The van der Waals surface area contributed by atoms with Crippen LogP contribution in [-0.4, -0.2) is 53.9 Å². The van der Waals surface area contributed by atoms with Crippen LogP contribution in [0.5, 0.6) is 5.75 Å². The second-order valence-corrected chi connectivity index (χ2v) is 6.85. The predicted octanol–water partition coefficient (Wildman–Crippen LogP) is 3.17. The van der Waals surface area contributed by atoms with E-state index >= 15 is 0 Å². The first-order chi connectivity index (χ1) is 13.7. The quantitative estimate of drug-likeness (QED) is 0.527. The van der Waals surface area contributed by atoms with Crippen molar-refractivity contribution in [2.75, 3.05) is 20.8 Å². The second kappa shape index (κ2) is 8.94. The number of rotatable bonds is 7. The Morgan fingerprint density at radius 3 is 2.38 bits per heavy atom. The fourth-order valence-electron chi connectivity index (χ4n) is 3.59. The molecule has 1 atom stereocenters. The highest BCUT2D eigenvalue weighted by atomic mass is 16.5. The summed E-state index contributed by atoms with van der Waals surface area (Å²) in [7, 11) is 4.56. The Kier molecular flexibility index (Phi) is 6.84. The number of benzene rings is 1. The lowest BCUT2D eigenvalue weighted by Crippen LogP contribution is -2.43. The molecule has 0 aliphatic rings. The van der Waals surface area contributed by atoms with Crippen LogP contribution in [0.3, 0.4) is 0 Å². The normalized spacial score (nSPS) is 11.7. The van der Waals surface area contributed by atoms with E-state index in [0.29, 0.717) is 40.4 Å². The molecule has 1 heterocycles. The molecule has 0 fully saturated rings. The molecule has 29 heavy (non-hydrogen) atoms. The molecule has 0 saturated carbocycles. The minimum absolute atomic E-state index is 0.219. The van der Waals surface area contributed by atoms with Crippen molar-refractivity contribution in [3.8, 4) is 5.75 Å². The molecule has 2 aromatic rings. The smallest absolute Gasteiger partial charge is 0.354 e. The number of nitrogens with zero attached hydrogens (tertiary/aromatic N) is 2. The van der Waals surface area contributed by atoms with Crippen molar-refractivity contribution < 1.29 is 23.9 Å². The van der Waals surface area contributed by atoms with E-state index in [-0.39, 0.29) is 11.7 Å². The van der Waals surface area contributed by atoms with Gasteiger partial charge in [-0.25, -0.2) is 4.79 Å². The van der Waals surface area contributed by atoms with Crippen LogP contribution in [0.4, 0.5) is 0 Å². The third kappa shape index (κ3) is 4.04. The molecule has 156 valence electrons. The minimum atomic E-state index is -0.705. The molecule has 0 saturated heterocycles. The van der Waals surface area contributed by atoms with Crippen LogP contribution in [0.15, 0.2) is 24.3 Å². The van der Waals surface area contributed by atoms with Crippen molar-refractivity contribution in [2.24, 2.45) is 7.05 Å². The van der Waals surface area contributed by atoms with Gasteiger partial charge in [0.1, 0.15) is 11.4 Å². The Morgan fingerprint density at radius 1 is 1.17 bits per heavy atom. The zero-order valence-electron chi connectivity index (χ0n) is 18.0. The average Bonchev–Trinajstić information content (AvgIpc) is 2.95. The number of aromatic nitrogens is 1. The van der Waals surface area contributed by atoms with Gasteiger partial charge in [0.05, 0.1) is 20.3 Å². The third-order valence-corrected chi connectivity index (χ3v) is 5.32. The summed E-state index contributed by atoms with van der Waals surface area (Å²) in [5, 5.41) is 0. The Bertz CT molecular complexity index is 945. The van der Waals surface area contributed by atoms with Gasteiger partial charge >= 0.3 is 5.97 Å². The molecule has 2 rings (SSSR count). The fourth-order valence-corrected chi connectivity index (χ4v) is 3.59. The van der Waals surface area contributed by atoms with Crippen molar-refractivity contribution in [1.29, 1.82) is 0 Å². The van der Waals surface area contributed by atoms with Crippen molar-refractivity contribution in [3.05, 3.63) is 52.3 Å². The first-order valence-corrected chi connectivity index (χ1v) is 9.42. The monoisotopic (exact) mass is 400 g/mol. The van der Waals surface area contributed by atoms with Crippen LogP contribution in [-0.2, 0) is 11.8 Å². The van der Waals surface area contributed by atoms with E-state index in [4.69, 9.17) is 9.47 Å². The van der Waals surface area contributed by atoms with Crippen LogP contribution in [0.2, 0.25) is 0 Å². The maximum Gasteiger partial charge on any atom is 0.354 e. The summed E-state index contributed by atoms with van der Waals surface area (Å²) in [5.74, 6) is -0.404. The largest absolute Gasteiger partial charge is 0.497 e. The van der Waals surface area contributed by atoms with E-state index in [0.717, 1.165) is 0 Å². The van der Waals surface area contributed by atoms with E-state index < -0.39 is 12.0 Å². The summed E-state index contributed by atoms with van der Waals surface area (Å²) in [4.78, 5) is 40.0. The number of likely N-dealkylation sites (N-methyl/N-ethyl adjacent to an activating group) is 1. The van der Waals surface area contributed by atoms with Gasteiger partial charge in [-0.1, -0.05) is 6.07 Å². The number of hydrogen-bond donors (Lipinski definition) is 0. The Hall–Kier alpha value is -3.09. The maximum atomic E-state index is 13.3. The summed E-state index contributed by atoms with van der Waals surface area (Å²) in [5.41, 5.74) is 2.44. The standard InChI is InChI=1S/C22H28N2O5/c1-8-24(21(26)16-10-9-11-17(12-16)28-6)15(4)20(25)18-13(2)19(22(27)29-7)23(5)14(18)3/h9-12,15H,8H2,1-7H3. The van der Waals surface area contributed by atoms with Gasteiger partial charge in [-0.3, -0.25) is 9.59 Å². The summed E-state index contributed by atoms with van der Waals surface area (Å²) < 4.78 is 11.7. The summed E-state index contributed by atoms with van der Waals surface area (Å²) in [6.45, 7) is 7.39. The number of Topliss-reactive ketones (excluding diaryl/α,β-unsaturated/α-hetero) is 1. The van der Waals surface area contributed by atoms with Crippen LogP contribution < -0.4 is 4.74 Å². The van der Waals surface area contributed by atoms with Gasteiger partial charge in [-0.05, 0) is 51.5 Å². The lowest BCUT2D eigenvalue weighted by Gasteiger charge is -2.27. The number of carbonyl (C=O) groups excluding carboxylic acids is 3. The van der Waals surface area contributed by atoms with Gasteiger partial charge in [-0.2, -0.15) is 0 Å². The highest BCUT2D eigenvalue weighted by molar-refractivity contribution is 6.07. The zero-order valence-corrected chi connectivity index (χ0v) is 18.0. The van der Waals surface area contributed by atoms with Crippen molar-refractivity contribution >= 4 is 17.7 Å². The van der Waals surface area contributed by atoms with Gasteiger partial charge in [0.2, 0.25) is 0 Å². The fraction of sp³-hybridized carbons (Fsp3) is 0.409. The Labute approximate surface area is 171 Å². The average molecular weight is 400 g/mol. The Morgan fingerprint density at radius 2 is 1.83 bits per heavy atom. The summed E-state index contributed by atoms with van der Waals surface area (Å²) in [6, 6.07) is 6.13.